The van der Waals surface area contributed by atoms with E-state index < -0.39 is 20.9 Å². The molecule has 0 saturated heterocycles. The molecule has 0 saturated carbocycles. The Kier molecular flexibility index (Phi) is 5.75. The number of hydrogen-bond acceptors (Lipinski definition) is 6. The monoisotopic (exact) mass is 428 g/mol. The van der Waals surface area contributed by atoms with Crippen molar-refractivity contribution in [3.8, 4) is 0 Å². The average molecular weight is 429 g/mol. The molecule has 8 nitrogen and oxygen atoms in total. The highest BCUT2D eigenvalue weighted by Crippen LogP contribution is 2.28. The third-order valence-electron chi connectivity index (χ3n) is 3.06. The summed E-state index contributed by atoms with van der Waals surface area (Å²) in [6, 6.07) is 9.06. The maximum atomic E-state index is 12.5. The third kappa shape index (κ3) is 4.54. The van der Waals surface area contributed by atoms with Gasteiger partial charge in [-0.1, -0.05) is 0 Å². The van der Waals surface area contributed by atoms with Crippen molar-refractivity contribution in [3.05, 3.63) is 62.6 Å². The summed E-state index contributed by atoms with van der Waals surface area (Å²) in [6.07, 6.45) is 0. The summed E-state index contributed by atoms with van der Waals surface area (Å²) < 4.78 is 32.3. The summed E-state index contributed by atoms with van der Waals surface area (Å²) in [5, 5.41) is 10.8. The minimum absolute atomic E-state index is 0.189. The van der Waals surface area contributed by atoms with Crippen LogP contribution in [0.2, 0.25) is 0 Å². The number of sulfonamides is 1. The molecule has 2 rings (SSSR count). The van der Waals surface area contributed by atoms with Crippen LogP contribution in [0.4, 0.5) is 11.4 Å². The molecule has 132 valence electrons. The second-order valence-electron chi connectivity index (χ2n) is 4.78. The number of nitro benzene ring substituents is 1. The van der Waals surface area contributed by atoms with Gasteiger partial charge in [-0.2, -0.15) is 0 Å². The second-order valence-corrected chi connectivity index (χ2v) is 7.28. The zero-order chi connectivity index (χ0) is 18.6. The molecule has 0 aliphatic rings. The highest BCUT2D eigenvalue weighted by atomic mass is 79.9. The molecule has 0 spiro atoms. The maximum absolute atomic E-state index is 12.5. The first-order valence-corrected chi connectivity index (χ1v) is 9.26. The van der Waals surface area contributed by atoms with E-state index in [1.165, 1.54) is 36.4 Å². The fourth-order valence-corrected chi connectivity index (χ4v) is 3.95. The van der Waals surface area contributed by atoms with Crippen LogP contribution in [0.25, 0.3) is 0 Å². The summed E-state index contributed by atoms with van der Waals surface area (Å²) in [7, 11) is -4.06. The van der Waals surface area contributed by atoms with Crippen molar-refractivity contribution in [2.24, 2.45) is 0 Å². The molecule has 0 unspecified atom stereocenters. The summed E-state index contributed by atoms with van der Waals surface area (Å²) in [5.41, 5.74) is 0.133. The van der Waals surface area contributed by atoms with Crippen molar-refractivity contribution in [2.75, 3.05) is 11.3 Å². The molecule has 0 atom stereocenters. The average Bonchev–Trinajstić information content (AvgIpc) is 2.55. The van der Waals surface area contributed by atoms with E-state index in [0.717, 1.165) is 6.07 Å². The number of ether oxygens (including phenoxy) is 1. The lowest BCUT2D eigenvalue weighted by molar-refractivity contribution is -0.385. The second kappa shape index (κ2) is 7.62. The molecule has 0 amide bonds. The molecule has 0 fully saturated rings. The van der Waals surface area contributed by atoms with Gasteiger partial charge in [0.2, 0.25) is 0 Å². The molecule has 0 aliphatic carbocycles. The molecule has 0 heterocycles. The first-order chi connectivity index (χ1) is 11.7. The summed E-state index contributed by atoms with van der Waals surface area (Å²) in [5.74, 6) is -0.515. The molecule has 25 heavy (non-hydrogen) atoms. The zero-order valence-electron chi connectivity index (χ0n) is 12.9. The quantitative estimate of drug-likeness (QED) is 0.428. The van der Waals surface area contributed by atoms with E-state index in [4.69, 9.17) is 4.74 Å². The predicted molar refractivity (Wildman–Crippen MR) is 94.0 cm³/mol. The SMILES string of the molecule is CCOC(=O)c1ccc(NS(=O)(=O)c2cc([N+](=O)[O-])ccc2Br)cc1. The standard InChI is InChI=1S/C15H13BrN2O6S/c1-2-24-15(19)10-3-5-11(6-4-10)17-25(22,23)14-9-12(18(20)21)7-8-13(14)16/h3-9,17H,2H2,1H3. The van der Waals surface area contributed by atoms with Gasteiger partial charge in [0.1, 0.15) is 4.90 Å². The molecule has 0 aliphatic heterocycles. The number of esters is 1. The largest absolute Gasteiger partial charge is 0.462 e. The minimum atomic E-state index is -4.06. The highest BCUT2D eigenvalue weighted by molar-refractivity contribution is 9.10. The van der Waals surface area contributed by atoms with Crippen LogP contribution in [0.3, 0.4) is 0 Å². The Morgan fingerprint density at radius 3 is 2.44 bits per heavy atom. The lowest BCUT2D eigenvalue weighted by Crippen LogP contribution is -2.14. The fourth-order valence-electron chi connectivity index (χ4n) is 1.91. The van der Waals surface area contributed by atoms with Gasteiger partial charge in [-0.05, 0) is 53.2 Å². The van der Waals surface area contributed by atoms with Gasteiger partial charge in [0.05, 0.1) is 17.1 Å². The van der Waals surface area contributed by atoms with Gasteiger partial charge in [-0.25, -0.2) is 13.2 Å². The molecule has 10 heteroatoms. The number of hydrogen-bond donors (Lipinski definition) is 1. The van der Waals surface area contributed by atoms with Crippen molar-refractivity contribution in [1.29, 1.82) is 0 Å². The zero-order valence-corrected chi connectivity index (χ0v) is 15.3. The number of benzene rings is 2. The van der Waals surface area contributed by atoms with Crippen LogP contribution in [-0.4, -0.2) is 25.9 Å². The molecular formula is C15H13BrN2O6S. The smallest absolute Gasteiger partial charge is 0.338 e. The van der Waals surface area contributed by atoms with E-state index in [0.29, 0.717) is 0 Å². The topological polar surface area (TPSA) is 116 Å². The van der Waals surface area contributed by atoms with Gasteiger partial charge in [-0.15, -0.1) is 0 Å². The van der Waals surface area contributed by atoms with Crippen LogP contribution >= 0.6 is 15.9 Å². The molecule has 1 N–H and O–H groups in total. The lowest BCUT2D eigenvalue weighted by atomic mass is 10.2. The van der Waals surface area contributed by atoms with Crippen molar-refractivity contribution < 1.29 is 22.9 Å². The highest BCUT2D eigenvalue weighted by Gasteiger charge is 2.21. The molecule has 2 aromatic carbocycles. The number of non-ortho nitro benzene ring substituents is 1. The first kappa shape index (κ1) is 18.9. The van der Waals surface area contributed by atoms with Crippen LogP contribution in [0, 0.1) is 10.1 Å². The lowest BCUT2D eigenvalue weighted by Gasteiger charge is -2.10. The Labute approximate surface area is 152 Å². The molecule has 0 radical (unpaired) electrons. The Morgan fingerprint density at radius 1 is 1.24 bits per heavy atom. The number of nitrogens with zero attached hydrogens (tertiary/aromatic N) is 1. The number of halogens is 1. The van der Waals surface area contributed by atoms with Crippen LogP contribution in [0.1, 0.15) is 17.3 Å². The summed E-state index contributed by atoms with van der Waals surface area (Å²) in [6.45, 7) is 1.91. The Balaban J connectivity index is 2.29. The Bertz CT molecular complexity index is 912. The van der Waals surface area contributed by atoms with Crippen LogP contribution in [0.15, 0.2) is 51.8 Å². The van der Waals surface area contributed by atoms with Crippen molar-refractivity contribution >= 4 is 43.3 Å². The van der Waals surface area contributed by atoms with Crippen molar-refractivity contribution in [1.82, 2.24) is 0 Å². The first-order valence-electron chi connectivity index (χ1n) is 6.98. The van der Waals surface area contributed by atoms with Crippen molar-refractivity contribution in [2.45, 2.75) is 11.8 Å². The number of nitrogens with one attached hydrogen (secondary N) is 1. The third-order valence-corrected chi connectivity index (χ3v) is 5.44. The van der Waals surface area contributed by atoms with Gasteiger partial charge in [0.15, 0.2) is 0 Å². The van der Waals surface area contributed by atoms with E-state index in [1.807, 2.05) is 0 Å². The Hall–Kier alpha value is -2.46. The fraction of sp³-hybridized carbons (Fsp3) is 0.133. The van der Waals surface area contributed by atoms with Gasteiger partial charge < -0.3 is 4.74 Å². The van der Waals surface area contributed by atoms with Gasteiger partial charge >= 0.3 is 5.97 Å². The van der Waals surface area contributed by atoms with E-state index in [-0.39, 0.29) is 32.9 Å². The van der Waals surface area contributed by atoms with Crippen LogP contribution in [-0.2, 0) is 14.8 Å². The van der Waals surface area contributed by atoms with Crippen LogP contribution < -0.4 is 4.72 Å². The van der Waals surface area contributed by atoms with E-state index in [9.17, 15) is 23.3 Å². The van der Waals surface area contributed by atoms with E-state index in [1.54, 1.807) is 6.92 Å². The number of carbonyl (C=O) groups excluding carboxylic acids is 1. The molecular weight excluding hydrogens is 416 g/mol. The van der Waals surface area contributed by atoms with Gasteiger partial charge in [-0.3, -0.25) is 14.8 Å². The van der Waals surface area contributed by atoms with E-state index >= 15 is 0 Å². The van der Waals surface area contributed by atoms with Crippen molar-refractivity contribution in [3.63, 3.8) is 0 Å². The summed E-state index contributed by atoms with van der Waals surface area (Å²) >= 11 is 3.07. The normalized spacial score (nSPS) is 11.0. The van der Waals surface area contributed by atoms with Gasteiger partial charge in [0, 0.05) is 22.3 Å². The molecule has 2 aromatic rings. The molecule has 0 bridgehead atoms. The predicted octanol–water partition coefficient (Wildman–Crippen LogP) is 3.33. The van der Waals surface area contributed by atoms with Gasteiger partial charge in [0.25, 0.3) is 15.7 Å². The number of nitro groups is 1. The number of carbonyl (C=O) groups is 1. The Morgan fingerprint density at radius 2 is 1.88 bits per heavy atom. The summed E-state index contributed by atoms with van der Waals surface area (Å²) in [4.78, 5) is 21.5. The number of anilines is 1. The number of rotatable bonds is 6. The van der Waals surface area contributed by atoms with Crippen LogP contribution in [0.5, 0.6) is 0 Å². The maximum Gasteiger partial charge on any atom is 0.338 e. The molecule has 0 aromatic heterocycles. The van der Waals surface area contributed by atoms with E-state index in [2.05, 4.69) is 20.7 Å². The minimum Gasteiger partial charge on any atom is -0.462 e.